The van der Waals surface area contributed by atoms with Crippen molar-refractivity contribution >= 4 is 53.3 Å². The Morgan fingerprint density at radius 2 is 1.37 bits per heavy atom. The van der Waals surface area contributed by atoms with Crippen LogP contribution in [0.5, 0.6) is 0 Å². The van der Waals surface area contributed by atoms with Gasteiger partial charge in [-0.25, -0.2) is 0 Å². The van der Waals surface area contributed by atoms with Crippen LogP contribution in [0.3, 0.4) is 0 Å². The Balaban J connectivity index is 2.87. The normalized spacial score (nSPS) is 16.6. The highest BCUT2D eigenvalue weighted by Gasteiger charge is 2.30. The minimum atomic E-state index is -1.73. The molecule has 0 aliphatic carbocycles. The summed E-state index contributed by atoms with van der Waals surface area (Å²) in [4.78, 5) is 109. The first-order chi connectivity index (χ1) is 21.5. The molecule has 1 fully saturated rings. The van der Waals surface area contributed by atoms with Crippen molar-refractivity contribution in [3.05, 3.63) is 0 Å². The maximum Gasteiger partial charge on any atom is 0.325 e. The van der Waals surface area contributed by atoms with Crippen LogP contribution in [0.1, 0.15) is 59.3 Å². The molecule has 0 unspecified atom stereocenters. The molecule has 1 saturated heterocycles. The number of carboxylic acids is 2. The van der Waals surface area contributed by atoms with Crippen molar-refractivity contribution in [2.75, 3.05) is 19.6 Å². The van der Waals surface area contributed by atoms with E-state index in [2.05, 4.69) is 37.2 Å². The van der Waals surface area contributed by atoms with Crippen LogP contribution in [0, 0.1) is 5.92 Å². The Morgan fingerprint density at radius 3 is 1.89 bits per heavy atom. The predicted octanol–water partition coefficient (Wildman–Crippen LogP) is -4.20. The third-order valence-corrected chi connectivity index (χ3v) is 6.65. The zero-order valence-electron chi connectivity index (χ0n) is 26.0. The van der Waals surface area contributed by atoms with Crippen molar-refractivity contribution in [3.8, 4) is 0 Å². The van der Waals surface area contributed by atoms with Crippen LogP contribution < -0.4 is 43.0 Å². The Kier molecular flexibility index (Phi) is 16.7. The van der Waals surface area contributed by atoms with Gasteiger partial charge in [0, 0.05) is 6.42 Å². The second-order valence-corrected chi connectivity index (χ2v) is 11.2. The Morgan fingerprint density at radius 1 is 0.783 bits per heavy atom. The summed E-state index contributed by atoms with van der Waals surface area (Å²) < 4.78 is 0. The summed E-state index contributed by atoms with van der Waals surface area (Å²) >= 11 is 0. The molecule has 0 radical (unpaired) electrons. The van der Waals surface area contributed by atoms with Crippen LogP contribution in [0.15, 0.2) is 0 Å². The van der Waals surface area contributed by atoms with E-state index in [4.69, 9.17) is 10.8 Å². The summed E-state index contributed by atoms with van der Waals surface area (Å²) in [7, 11) is 0. The van der Waals surface area contributed by atoms with Crippen LogP contribution in [0.25, 0.3) is 0 Å². The number of carbonyl (C=O) groups is 9. The van der Waals surface area contributed by atoms with Gasteiger partial charge in [0.05, 0.1) is 25.6 Å². The Labute approximate surface area is 264 Å². The molecule has 0 aromatic rings. The number of hydrogen-bond acceptors (Lipinski definition) is 10. The maximum atomic E-state index is 13.0. The number of nitrogens with one attached hydrogen (secondary N) is 7. The average molecular weight is 657 g/mol. The molecule has 7 amide bonds. The van der Waals surface area contributed by atoms with Gasteiger partial charge in [0.15, 0.2) is 0 Å². The molecule has 0 spiro atoms. The predicted molar refractivity (Wildman–Crippen MR) is 158 cm³/mol. The third-order valence-electron chi connectivity index (χ3n) is 6.65. The third kappa shape index (κ3) is 15.3. The molecule has 11 N–H and O–H groups in total. The number of amides is 7. The standard InChI is InChI=1S/C27H44N8O11/c1-13(2)9-17(26(44)32-14(3)27(45)46)34-21(38)12-31-24(42)18(10-22(39)40)35-25(43)16(6-7-19(28)36)33-20(37)11-30-23(41)15-5-4-8-29-15/h13-18,29H,4-12H2,1-3H3,(H2,28,36)(H,30,41)(H,31,42)(H,32,44)(H,33,37)(H,34,38)(H,35,43)(H,39,40)(H,45,46)/t14-,15-,16-,17-,18-/m0/s1. The van der Waals surface area contributed by atoms with E-state index in [1.54, 1.807) is 13.8 Å². The molecule has 1 aliphatic heterocycles. The quantitative estimate of drug-likeness (QED) is 0.0597. The Hall–Kier alpha value is -4.81. The highest BCUT2D eigenvalue weighted by molar-refractivity contribution is 5.96. The largest absolute Gasteiger partial charge is 0.481 e. The molecule has 258 valence electrons. The highest BCUT2D eigenvalue weighted by Crippen LogP contribution is 2.06. The van der Waals surface area contributed by atoms with E-state index in [0.29, 0.717) is 13.0 Å². The van der Waals surface area contributed by atoms with Crippen LogP contribution >= 0.6 is 0 Å². The van der Waals surface area contributed by atoms with Gasteiger partial charge in [-0.05, 0) is 45.1 Å². The summed E-state index contributed by atoms with van der Waals surface area (Å²) in [6.07, 6.45) is -0.0801. The van der Waals surface area contributed by atoms with Gasteiger partial charge in [0.2, 0.25) is 41.4 Å². The number of primary amides is 1. The van der Waals surface area contributed by atoms with Crippen LogP contribution in [-0.2, 0) is 43.2 Å². The number of hydrogen-bond donors (Lipinski definition) is 10. The van der Waals surface area contributed by atoms with Crippen molar-refractivity contribution in [1.29, 1.82) is 0 Å². The monoisotopic (exact) mass is 656 g/mol. The smallest absolute Gasteiger partial charge is 0.325 e. The van der Waals surface area contributed by atoms with Crippen LogP contribution in [0.4, 0.5) is 0 Å². The van der Waals surface area contributed by atoms with Crippen LogP contribution in [-0.4, -0.2) is 113 Å². The molecule has 19 heteroatoms. The first kappa shape index (κ1) is 39.2. The lowest BCUT2D eigenvalue weighted by atomic mass is 10.0. The minimum absolute atomic E-state index is 0.0930. The van der Waals surface area contributed by atoms with Gasteiger partial charge in [-0.15, -0.1) is 0 Å². The van der Waals surface area contributed by atoms with Crippen LogP contribution in [0.2, 0.25) is 0 Å². The lowest BCUT2D eigenvalue weighted by Gasteiger charge is -2.23. The van der Waals surface area contributed by atoms with Gasteiger partial charge >= 0.3 is 11.9 Å². The Bertz CT molecular complexity index is 1160. The number of carboxylic acid groups (broad SMARTS) is 2. The van der Waals surface area contributed by atoms with E-state index in [1.165, 1.54) is 6.92 Å². The molecular formula is C27H44N8O11. The number of rotatable bonds is 20. The molecule has 1 heterocycles. The summed E-state index contributed by atoms with van der Waals surface area (Å²) in [6, 6.07) is -6.02. The summed E-state index contributed by atoms with van der Waals surface area (Å²) in [6.45, 7) is 4.17. The van der Waals surface area contributed by atoms with Gasteiger partial charge in [0.1, 0.15) is 24.2 Å². The van der Waals surface area contributed by atoms with E-state index in [9.17, 15) is 48.3 Å². The van der Waals surface area contributed by atoms with E-state index >= 15 is 0 Å². The number of aliphatic carboxylic acids is 2. The number of carbonyl (C=O) groups excluding carboxylic acids is 7. The van der Waals surface area contributed by atoms with Gasteiger partial charge in [-0.1, -0.05) is 13.8 Å². The van der Waals surface area contributed by atoms with Crippen molar-refractivity contribution in [1.82, 2.24) is 37.2 Å². The second kappa shape index (κ2) is 19.6. The van der Waals surface area contributed by atoms with E-state index in [0.717, 1.165) is 6.42 Å². The average Bonchev–Trinajstić information content (AvgIpc) is 3.50. The molecular weight excluding hydrogens is 612 g/mol. The lowest BCUT2D eigenvalue weighted by molar-refractivity contribution is -0.141. The zero-order valence-corrected chi connectivity index (χ0v) is 26.0. The molecule has 0 aromatic heterocycles. The van der Waals surface area contributed by atoms with E-state index in [-0.39, 0.29) is 25.2 Å². The van der Waals surface area contributed by atoms with Crippen molar-refractivity contribution < 1.29 is 53.4 Å². The van der Waals surface area contributed by atoms with E-state index < -0.39 is 103 Å². The SMILES string of the molecule is CC(C)C[C@H](NC(=O)CNC(=O)[C@H](CC(=O)O)NC(=O)[C@H](CCC(N)=O)NC(=O)CNC(=O)[C@@H]1CCCN1)C(=O)N[C@@H](C)C(=O)O. The van der Waals surface area contributed by atoms with Crippen molar-refractivity contribution in [3.63, 3.8) is 0 Å². The maximum absolute atomic E-state index is 13.0. The molecule has 19 nitrogen and oxygen atoms in total. The molecule has 0 aromatic carbocycles. The van der Waals surface area contributed by atoms with Crippen molar-refractivity contribution in [2.45, 2.75) is 89.5 Å². The highest BCUT2D eigenvalue weighted by atomic mass is 16.4. The van der Waals surface area contributed by atoms with Gasteiger partial charge in [-0.2, -0.15) is 0 Å². The van der Waals surface area contributed by atoms with E-state index in [1.807, 2.05) is 0 Å². The molecule has 1 rings (SSSR count). The molecule has 1 aliphatic rings. The summed E-state index contributed by atoms with van der Waals surface area (Å²) in [5.74, 6) is -8.66. The topological polar surface area (TPSA) is 304 Å². The van der Waals surface area contributed by atoms with Gasteiger partial charge in [0.25, 0.3) is 0 Å². The fraction of sp³-hybridized carbons (Fsp3) is 0.667. The summed E-state index contributed by atoms with van der Waals surface area (Å²) in [5.41, 5.74) is 5.16. The summed E-state index contributed by atoms with van der Waals surface area (Å²) in [5, 5.41) is 35.0. The van der Waals surface area contributed by atoms with Gasteiger partial charge in [-0.3, -0.25) is 43.2 Å². The fourth-order valence-electron chi connectivity index (χ4n) is 4.27. The lowest BCUT2D eigenvalue weighted by Crippen LogP contribution is -2.57. The minimum Gasteiger partial charge on any atom is -0.481 e. The molecule has 0 saturated carbocycles. The molecule has 0 bridgehead atoms. The first-order valence-electron chi connectivity index (χ1n) is 14.7. The first-order valence-corrected chi connectivity index (χ1v) is 14.7. The zero-order chi connectivity index (χ0) is 35.0. The van der Waals surface area contributed by atoms with Crippen molar-refractivity contribution in [2.24, 2.45) is 11.7 Å². The number of nitrogens with two attached hydrogens (primary N) is 1. The molecule has 46 heavy (non-hydrogen) atoms. The second-order valence-electron chi connectivity index (χ2n) is 11.2. The molecule has 5 atom stereocenters. The van der Waals surface area contributed by atoms with Gasteiger partial charge < -0.3 is 53.2 Å². The fourth-order valence-corrected chi connectivity index (χ4v) is 4.27.